The quantitative estimate of drug-likeness (QED) is 0.697. The molecule has 2 heteroatoms. The number of hydrogen-bond acceptors (Lipinski definition) is 2. The molecule has 2 rings (SSSR count). The summed E-state index contributed by atoms with van der Waals surface area (Å²) in [6.07, 6.45) is 10.2. The second-order valence-electron chi connectivity index (χ2n) is 6.07. The molecular formula is C14H28N2. The third-order valence-corrected chi connectivity index (χ3v) is 4.22. The smallest absolute Gasteiger partial charge is 0.00698 e. The van der Waals surface area contributed by atoms with Crippen LogP contribution in [0.25, 0.3) is 0 Å². The molecule has 0 heterocycles. The summed E-state index contributed by atoms with van der Waals surface area (Å²) in [5, 5.41) is 3.76. The maximum Gasteiger partial charge on any atom is 0.00698 e. The Balaban J connectivity index is 1.57. The van der Waals surface area contributed by atoms with E-state index in [0.717, 1.165) is 17.9 Å². The van der Waals surface area contributed by atoms with Gasteiger partial charge in [0, 0.05) is 6.04 Å². The number of nitrogens with zero attached hydrogens (tertiary/aromatic N) is 1. The molecule has 2 fully saturated rings. The largest absolute Gasteiger partial charge is 0.314 e. The summed E-state index contributed by atoms with van der Waals surface area (Å²) >= 11 is 0. The average Bonchev–Trinajstić information content (AvgIpc) is 3.08. The number of nitrogens with one attached hydrogen (secondary N) is 1. The highest BCUT2D eigenvalue weighted by molar-refractivity contribution is 4.87. The molecule has 0 spiro atoms. The van der Waals surface area contributed by atoms with Crippen molar-refractivity contribution < 1.29 is 0 Å². The van der Waals surface area contributed by atoms with Gasteiger partial charge in [0.05, 0.1) is 0 Å². The molecule has 0 aromatic carbocycles. The molecule has 0 saturated heterocycles. The highest BCUT2D eigenvalue weighted by atomic mass is 15.1. The molecule has 16 heavy (non-hydrogen) atoms. The Kier molecular flexibility index (Phi) is 4.66. The highest BCUT2D eigenvalue weighted by Crippen LogP contribution is 2.43. The molecule has 0 bridgehead atoms. The first-order valence-electron chi connectivity index (χ1n) is 7.14. The lowest BCUT2D eigenvalue weighted by molar-refractivity contribution is 0.258. The Bertz CT molecular complexity index is 199. The van der Waals surface area contributed by atoms with Crippen LogP contribution in [-0.4, -0.2) is 38.1 Å². The van der Waals surface area contributed by atoms with E-state index in [2.05, 4.69) is 24.3 Å². The van der Waals surface area contributed by atoms with Crippen LogP contribution in [0.4, 0.5) is 0 Å². The van der Waals surface area contributed by atoms with Crippen molar-refractivity contribution in [3.63, 3.8) is 0 Å². The lowest BCUT2D eigenvalue weighted by atomic mass is 9.83. The van der Waals surface area contributed by atoms with Gasteiger partial charge in [-0.2, -0.15) is 0 Å². The van der Waals surface area contributed by atoms with Gasteiger partial charge in [-0.3, -0.25) is 0 Å². The zero-order chi connectivity index (χ0) is 11.4. The topological polar surface area (TPSA) is 15.3 Å². The van der Waals surface area contributed by atoms with Gasteiger partial charge in [0.25, 0.3) is 0 Å². The van der Waals surface area contributed by atoms with E-state index in [-0.39, 0.29) is 0 Å². The molecule has 1 N–H and O–H groups in total. The van der Waals surface area contributed by atoms with E-state index >= 15 is 0 Å². The first-order chi connectivity index (χ1) is 7.75. The molecule has 94 valence electrons. The van der Waals surface area contributed by atoms with Crippen molar-refractivity contribution in [1.29, 1.82) is 0 Å². The van der Waals surface area contributed by atoms with Crippen LogP contribution in [0, 0.1) is 11.8 Å². The Morgan fingerprint density at radius 3 is 2.56 bits per heavy atom. The molecule has 0 amide bonds. The fourth-order valence-corrected chi connectivity index (χ4v) is 3.11. The molecule has 2 unspecified atom stereocenters. The van der Waals surface area contributed by atoms with Gasteiger partial charge < -0.3 is 10.2 Å². The van der Waals surface area contributed by atoms with Crippen molar-refractivity contribution >= 4 is 0 Å². The van der Waals surface area contributed by atoms with E-state index in [4.69, 9.17) is 0 Å². The standard InChI is InChI=1S/C14H28N2/c1-16(2)10-4-9-15-14-6-3-5-13(11-14)12-7-8-12/h12-15H,3-11H2,1-2H3. The van der Waals surface area contributed by atoms with Crippen LogP contribution in [0.5, 0.6) is 0 Å². The van der Waals surface area contributed by atoms with Gasteiger partial charge in [0.1, 0.15) is 0 Å². The summed E-state index contributed by atoms with van der Waals surface area (Å²) in [4.78, 5) is 2.27. The first-order valence-corrected chi connectivity index (χ1v) is 7.14. The minimum Gasteiger partial charge on any atom is -0.314 e. The van der Waals surface area contributed by atoms with Crippen LogP contribution in [0.1, 0.15) is 44.9 Å². The lowest BCUT2D eigenvalue weighted by Gasteiger charge is -2.30. The molecule has 2 saturated carbocycles. The van der Waals surface area contributed by atoms with Gasteiger partial charge in [-0.15, -0.1) is 0 Å². The van der Waals surface area contributed by atoms with Crippen LogP contribution in [0.15, 0.2) is 0 Å². The van der Waals surface area contributed by atoms with Crippen molar-refractivity contribution in [2.45, 2.75) is 51.0 Å². The molecule has 0 aromatic rings. The van der Waals surface area contributed by atoms with E-state index in [1.807, 2.05) is 0 Å². The third-order valence-electron chi connectivity index (χ3n) is 4.22. The fraction of sp³-hybridized carbons (Fsp3) is 1.00. The summed E-state index contributed by atoms with van der Waals surface area (Å²) in [7, 11) is 4.31. The first kappa shape index (κ1) is 12.4. The number of hydrogen-bond donors (Lipinski definition) is 1. The maximum absolute atomic E-state index is 3.76. The average molecular weight is 224 g/mol. The van der Waals surface area contributed by atoms with Gasteiger partial charge in [0.2, 0.25) is 0 Å². The van der Waals surface area contributed by atoms with Crippen LogP contribution in [0.2, 0.25) is 0 Å². The Morgan fingerprint density at radius 2 is 1.88 bits per heavy atom. The van der Waals surface area contributed by atoms with Crippen molar-refractivity contribution in [3.05, 3.63) is 0 Å². The summed E-state index contributed by atoms with van der Waals surface area (Å²) < 4.78 is 0. The van der Waals surface area contributed by atoms with Crippen LogP contribution in [-0.2, 0) is 0 Å². The lowest BCUT2D eigenvalue weighted by Crippen LogP contribution is -2.36. The SMILES string of the molecule is CN(C)CCCNC1CCCC(C2CC2)C1. The van der Waals surface area contributed by atoms with Gasteiger partial charge in [-0.05, 0) is 71.1 Å². The fourth-order valence-electron chi connectivity index (χ4n) is 3.11. The van der Waals surface area contributed by atoms with E-state index in [1.165, 1.54) is 58.0 Å². The van der Waals surface area contributed by atoms with Gasteiger partial charge in [0.15, 0.2) is 0 Å². The molecule has 2 nitrogen and oxygen atoms in total. The van der Waals surface area contributed by atoms with Crippen molar-refractivity contribution in [3.8, 4) is 0 Å². The van der Waals surface area contributed by atoms with Crippen molar-refractivity contribution in [2.24, 2.45) is 11.8 Å². The number of rotatable bonds is 6. The molecule has 0 radical (unpaired) electrons. The minimum atomic E-state index is 0.835. The highest BCUT2D eigenvalue weighted by Gasteiger charge is 2.34. The van der Waals surface area contributed by atoms with Gasteiger partial charge >= 0.3 is 0 Å². The molecule has 0 aromatic heterocycles. The molecular weight excluding hydrogens is 196 g/mol. The summed E-state index contributed by atoms with van der Waals surface area (Å²) in [5.74, 6) is 2.19. The zero-order valence-corrected chi connectivity index (χ0v) is 11.0. The summed E-state index contributed by atoms with van der Waals surface area (Å²) in [5.41, 5.74) is 0. The van der Waals surface area contributed by atoms with Gasteiger partial charge in [-0.25, -0.2) is 0 Å². The monoisotopic (exact) mass is 224 g/mol. The molecule has 2 aliphatic rings. The molecule has 0 aliphatic heterocycles. The van der Waals surface area contributed by atoms with Crippen LogP contribution < -0.4 is 5.32 Å². The predicted molar refractivity (Wildman–Crippen MR) is 69.6 cm³/mol. The Morgan fingerprint density at radius 1 is 1.06 bits per heavy atom. The molecule has 2 atom stereocenters. The van der Waals surface area contributed by atoms with Crippen LogP contribution in [0.3, 0.4) is 0 Å². The van der Waals surface area contributed by atoms with E-state index in [1.54, 1.807) is 0 Å². The van der Waals surface area contributed by atoms with E-state index in [0.29, 0.717) is 0 Å². The second kappa shape index (κ2) is 6.02. The normalized spacial score (nSPS) is 30.9. The van der Waals surface area contributed by atoms with Crippen molar-refractivity contribution in [2.75, 3.05) is 27.2 Å². The predicted octanol–water partition coefficient (Wildman–Crippen LogP) is 2.50. The molecule has 2 aliphatic carbocycles. The van der Waals surface area contributed by atoms with Gasteiger partial charge in [-0.1, -0.05) is 12.8 Å². The second-order valence-corrected chi connectivity index (χ2v) is 6.07. The van der Waals surface area contributed by atoms with E-state index in [9.17, 15) is 0 Å². The minimum absolute atomic E-state index is 0.835. The Hall–Kier alpha value is -0.0800. The Labute approximate surface area is 101 Å². The van der Waals surface area contributed by atoms with Crippen molar-refractivity contribution in [1.82, 2.24) is 10.2 Å². The summed E-state index contributed by atoms with van der Waals surface area (Å²) in [6, 6.07) is 0.835. The van der Waals surface area contributed by atoms with E-state index < -0.39 is 0 Å². The maximum atomic E-state index is 3.76. The third kappa shape index (κ3) is 4.06. The van der Waals surface area contributed by atoms with Crippen LogP contribution >= 0.6 is 0 Å². The zero-order valence-electron chi connectivity index (χ0n) is 11.0. The summed E-state index contributed by atoms with van der Waals surface area (Å²) in [6.45, 7) is 2.42.